The van der Waals surface area contributed by atoms with Gasteiger partial charge in [0.15, 0.2) is 5.69 Å². The quantitative estimate of drug-likeness (QED) is 0.831. The number of benzene rings is 1. The number of rotatable bonds is 5. The second kappa shape index (κ2) is 7.40. The Morgan fingerprint density at radius 1 is 1.37 bits per heavy atom. The van der Waals surface area contributed by atoms with E-state index in [4.69, 9.17) is 0 Å². The molecule has 9 heteroatoms. The minimum absolute atomic E-state index is 0.0634. The van der Waals surface area contributed by atoms with Crippen molar-refractivity contribution in [1.82, 2.24) is 24.6 Å². The minimum Gasteiger partial charge on any atom is -0.348 e. The highest BCUT2D eigenvalue weighted by molar-refractivity contribution is 7.88. The average Bonchev–Trinajstić information content (AvgIpc) is 3.01. The number of hydrogen-bond acceptors (Lipinski definition) is 5. The van der Waals surface area contributed by atoms with Crippen LogP contribution in [0.3, 0.4) is 0 Å². The molecule has 1 aliphatic heterocycles. The molecule has 0 radical (unpaired) electrons. The molecule has 2 heterocycles. The van der Waals surface area contributed by atoms with Crippen molar-refractivity contribution in [1.29, 1.82) is 0 Å². The molecule has 0 saturated carbocycles. The minimum atomic E-state index is -3.23. The highest BCUT2D eigenvalue weighted by Gasteiger charge is 2.26. The first-order valence-corrected chi connectivity index (χ1v) is 10.9. The standard InChI is InChI=1S/C18H25N5O3S/c1-5-12(2)19-18(24)17-13(3)23(21-20-17)16-8-6-7-14-11-22(27(4,25)26)10-9-15(14)16/h6-8,12H,5,9-11H2,1-4H3,(H,19,24)/t12-/m0/s1. The van der Waals surface area contributed by atoms with Gasteiger partial charge in [-0.15, -0.1) is 5.10 Å². The van der Waals surface area contributed by atoms with Gasteiger partial charge in [0.05, 0.1) is 17.6 Å². The van der Waals surface area contributed by atoms with Crippen molar-refractivity contribution in [2.75, 3.05) is 12.8 Å². The first kappa shape index (κ1) is 19.5. The molecule has 0 saturated heterocycles. The summed E-state index contributed by atoms with van der Waals surface area (Å²) in [4.78, 5) is 12.4. The first-order chi connectivity index (χ1) is 12.7. The van der Waals surface area contributed by atoms with Crippen LogP contribution in [0.5, 0.6) is 0 Å². The van der Waals surface area contributed by atoms with Gasteiger partial charge in [-0.3, -0.25) is 4.79 Å². The number of nitrogens with one attached hydrogen (secondary N) is 1. The maximum absolute atomic E-state index is 12.4. The van der Waals surface area contributed by atoms with Crippen LogP contribution in [0.1, 0.15) is 47.6 Å². The van der Waals surface area contributed by atoms with Crippen LogP contribution in [0.2, 0.25) is 0 Å². The zero-order chi connectivity index (χ0) is 19.8. The van der Waals surface area contributed by atoms with Gasteiger partial charge in [-0.25, -0.2) is 13.1 Å². The molecule has 1 aliphatic rings. The maximum atomic E-state index is 12.4. The third-order valence-corrected chi connectivity index (χ3v) is 6.25. The van der Waals surface area contributed by atoms with Crippen molar-refractivity contribution in [3.05, 3.63) is 40.7 Å². The number of fused-ring (bicyclic) bond motifs is 1. The normalized spacial score (nSPS) is 16.0. The topological polar surface area (TPSA) is 97.2 Å². The highest BCUT2D eigenvalue weighted by Crippen LogP contribution is 2.27. The van der Waals surface area contributed by atoms with E-state index in [2.05, 4.69) is 15.6 Å². The van der Waals surface area contributed by atoms with Crippen LogP contribution < -0.4 is 5.32 Å². The fraction of sp³-hybridized carbons (Fsp3) is 0.500. The van der Waals surface area contributed by atoms with Crippen LogP contribution in [0.4, 0.5) is 0 Å². The maximum Gasteiger partial charge on any atom is 0.273 e. The van der Waals surface area contributed by atoms with E-state index in [9.17, 15) is 13.2 Å². The summed E-state index contributed by atoms with van der Waals surface area (Å²) in [6.07, 6.45) is 2.65. The van der Waals surface area contributed by atoms with Crippen molar-refractivity contribution in [2.24, 2.45) is 0 Å². The molecule has 1 N–H and O–H groups in total. The van der Waals surface area contributed by atoms with E-state index in [0.29, 0.717) is 30.9 Å². The van der Waals surface area contributed by atoms with Gasteiger partial charge in [-0.2, -0.15) is 4.31 Å². The van der Waals surface area contributed by atoms with Crippen LogP contribution in [0.25, 0.3) is 5.69 Å². The predicted molar refractivity (Wildman–Crippen MR) is 102 cm³/mol. The number of amides is 1. The molecule has 27 heavy (non-hydrogen) atoms. The lowest BCUT2D eigenvalue weighted by Crippen LogP contribution is -2.35. The van der Waals surface area contributed by atoms with Crippen LogP contribution in [-0.2, 0) is 23.0 Å². The molecule has 2 aromatic rings. The summed E-state index contributed by atoms with van der Waals surface area (Å²) in [6.45, 7) is 6.54. The van der Waals surface area contributed by atoms with E-state index in [0.717, 1.165) is 23.2 Å². The molecule has 1 amide bonds. The summed E-state index contributed by atoms with van der Waals surface area (Å²) < 4.78 is 26.8. The summed E-state index contributed by atoms with van der Waals surface area (Å²) >= 11 is 0. The summed E-state index contributed by atoms with van der Waals surface area (Å²) in [6, 6.07) is 5.79. The molecule has 0 spiro atoms. The number of carbonyl (C=O) groups is 1. The van der Waals surface area contributed by atoms with E-state index >= 15 is 0 Å². The molecule has 146 valence electrons. The zero-order valence-corrected chi connectivity index (χ0v) is 16.9. The number of nitrogens with zero attached hydrogens (tertiary/aromatic N) is 4. The van der Waals surface area contributed by atoms with E-state index < -0.39 is 10.0 Å². The molecule has 0 aliphatic carbocycles. The van der Waals surface area contributed by atoms with E-state index in [-0.39, 0.29) is 11.9 Å². The first-order valence-electron chi connectivity index (χ1n) is 9.01. The van der Waals surface area contributed by atoms with Crippen molar-refractivity contribution >= 4 is 15.9 Å². The van der Waals surface area contributed by atoms with Gasteiger partial charge in [0.1, 0.15) is 0 Å². The monoisotopic (exact) mass is 391 g/mol. The Kier molecular flexibility index (Phi) is 5.34. The third kappa shape index (κ3) is 3.89. The Morgan fingerprint density at radius 2 is 2.11 bits per heavy atom. The fourth-order valence-corrected chi connectivity index (χ4v) is 4.00. The SMILES string of the molecule is CC[C@H](C)NC(=O)c1nnn(-c2cccc3c2CCN(S(C)(=O)=O)C3)c1C. The molecule has 0 fully saturated rings. The Labute approximate surface area is 159 Å². The van der Waals surface area contributed by atoms with Crippen molar-refractivity contribution in [3.63, 3.8) is 0 Å². The smallest absolute Gasteiger partial charge is 0.273 e. The van der Waals surface area contributed by atoms with Gasteiger partial charge in [0, 0.05) is 19.1 Å². The Morgan fingerprint density at radius 3 is 2.78 bits per heavy atom. The molecule has 0 bridgehead atoms. The molecule has 1 aromatic heterocycles. The lowest BCUT2D eigenvalue weighted by molar-refractivity contribution is 0.0933. The van der Waals surface area contributed by atoms with E-state index in [1.807, 2.05) is 39.0 Å². The molecule has 1 aromatic carbocycles. The Bertz CT molecular complexity index is 967. The van der Waals surface area contributed by atoms with Crippen molar-refractivity contribution in [3.8, 4) is 5.69 Å². The van der Waals surface area contributed by atoms with E-state index in [1.165, 1.54) is 10.6 Å². The van der Waals surface area contributed by atoms with Gasteiger partial charge in [-0.05, 0) is 43.9 Å². The molecule has 8 nitrogen and oxygen atoms in total. The molecule has 1 atom stereocenters. The Balaban J connectivity index is 1.94. The average molecular weight is 391 g/mol. The van der Waals surface area contributed by atoms with Crippen LogP contribution >= 0.6 is 0 Å². The van der Waals surface area contributed by atoms with Crippen molar-refractivity contribution < 1.29 is 13.2 Å². The van der Waals surface area contributed by atoms with Crippen molar-refractivity contribution in [2.45, 2.75) is 46.2 Å². The van der Waals surface area contributed by atoms with Gasteiger partial charge in [0.25, 0.3) is 5.91 Å². The molecular weight excluding hydrogens is 366 g/mol. The third-order valence-electron chi connectivity index (χ3n) is 5.00. The van der Waals surface area contributed by atoms with Crippen LogP contribution in [0.15, 0.2) is 18.2 Å². The summed E-state index contributed by atoms with van der Waals surface area (Å²) in [5, 5.41) is 11.2. The molecule has 3 rings (SSSR count). The highest BCUT2D eigenvalue weighted by atomic mass is 32.2. The molecular formula is C18H25N5O3S. The van der Waals surface area contributed by atoms with E-state index in [1.54, 1.807) is 4.68 Å². The lowest BCUT2D eigenvalue weighted by atomic mass is 9.99. The number of aromatic nitrogens is 3. The summed E-state index contributed by atoms with van der Waals surface area (Å²) in [7, 11) is -3.23. The number of hydrogen-bond donors (Lipinski definition) is 1. The lowest BCUT2D eigenvalue weighted by Gasteiger charge is -2.28. The van der Waals surface area contributed by atoms with Crippen LogP contribution in [-0.4, -0.2) is 52.5 Å². The van der Waals surface area contributed by atoms with Gasteiger partial charge in [0.2, 0.25) is 10.0 Å². The zero-order valence-electron chi connectivity index (χ0n) is 16.1. The summed E-state index contributed by atoms with van der Waals surface area (Å²) in [5.41, 5.74) is 3.80. The second-order valence-corrected chi connectivity index (χ2v) is 8.96. The fourth-order valence-electron chi connectivity index (χ4n) is 3.21. The largest absolute Gasteiger partial charge is 0.348 e. The summed E-state index contributed by atoms with van der Waals surface area (Å²) in [5.74, 6) is -0.235. The van der Waals surface area contributed by atoms with Gasteiger partial charge < -0.3 is 5.32 Å². The van der Waals surface area contributed by atoms with Gasteiger partial charge >= 0.3 is 0 Å². The Hall–Kier alpha value is -2.26. The molecule has 0 unspecified atom stereocenters. The van der Waals surface area contributed by atoms with Gasteiger partial charge in [-0.1, -0.05) is 24.3 Å². The predicted octanol–water partition coefficient (Wildman–Crippen LogP) is 1.42. The number of sulfonamides is 1. The second-order valence-electron chi connectivity index (χ2n) is 6.98. The van der Waals surface area contributed by atoms with Crippen LogP contribution in [0, 0.1) is 6.92 Å². The number of carbonyl (C=O) groups excluding carboxylic acids is 1.